The number of rotatable bonds is 5. The molecule has 3 rings (SSSR count). The Labute approximate surface area is 159 Å². The second-order valence-electron chi connectivity index (χ2n) is 6.02. The molecule has 0 bridgehead atoms. The van der Waals surface area contributed by atoms with E-state index in [4.69, 9.17) is 16.7 Å². The molecule has 1 unspecified atom stereocenters. The fourth-order valence-electron chi connectivity index (χ4n) is 3.03. The van der Waals surface area contributed by atoms with Crippen LogP contribution in [0.2, 0.25) is 5.02 Å². The summed E-state index contributed by atoms with van der Waals surface area (Å²) in [4.78, 5) is 38.1. The number of halogens is 1. The third-order valence-electron chi connectivity index (χ3n) is 4.25. The number of likely N-dealkylation sites (tertiary alicyclic amines) is 1. The number of carboxylic acids is 1. The summed E-state index contributed by atoms with van der Waals surface area (Å²) in [6.45, 7) is 0.524. The molecule has 0 radical (unpaired) electrons. The highest BCUT2D eigenvalue weighted by atomic mass is 35.5. The van der Waals surface area contributed by atoms with Crippen molar-refractivity contribution in [3.8, 4) is 0 Å². The lowest BCUT2D eigenvalue weighted by Gasteiger charge is -2.24. The maximum absolute atomic E-state index is 12.8. The fourth-order valence-corrected chi connectivity index (χ4v) is 3.81. The molecular formula is C18H17ClN2O4S. The molecule has 0 spiro atoms. The molecule has 8 heteroatoms. The zero-order chi connectivity index (χ0) is 18.7. The molecule has 2 N–H and O–H groups in total. The highest BCUT2D eigenvalue weighted by Gasteiger charge is 2.31. The highest BCUT2D eigenvalue weighted by Crippen LogP contribution is 2.27. The van der Waals surface area contributed by atoms with Crippen LogP contribution in [-0.4, -0.2) is 40.4 Å². The number of amides is 2. The Morgan fingerprint density at radius 1 is 1.31 bits per heavy atom. The summed E-state index contributed by atoms with van der Waals surface area (Å²) in [5.74, 6) is -1.47. The van der Waals surface area contributed by atoms with Crippen molar-refractivity contribution < 1.29 is 19.5 Å². The molecule has 26 heavy (non-hydrogen) atoms. The summed E-state index contributed by atoms with van der Waals surface area (Å²) in [7, 11) is 0. The predicted molar refractivity (Wildman–Crippen MR) is 100 cm³/mol. The van der Waals surface area contributed by atoms with E-state index in [-0.39, 0.29) is 24.3 Å². The van der Waals surface area contributed by atoms with Crippen LogP contribution in [0.5, 0.6) is 0 Å². The minimum Gasteiger partial charge on any atom is -0.481 e. The van der Waals surface area contributed by atoms with Gasteiger partial charge in [-0.05, 0) is 42.5 Å². The standard InChI is InChI=1S/C18H17ClN2O4S/c19-13-6-5-11(9-14(13)20-17(24)15-4-2-8-26-15)18(25)21-7-1-3-12(21)10-16(22)23/h2,4-6,8-9,12H,1,3,7,10H2,(H,20,24)(H,22,23). The van der Waals surface area contributed by atoms with Crippen LogP contribution in [0.25, 0.3) is 0 Å². The van der Waals surface area contributed by atoms with Gasteiger partial charge in [-0.15, -0.1) is 11.3 Å². The first-order chi connectivity index (χ1) is 12.5. The Bertz CT molecular complexity index is 838. The molecule has 1 aromatic heterocycles. The maximum atomic E-state index is 12.8. The van der Waals surface area contributed by atoms with Crippen molar-refractivity contribution in [1.29, 1.82) is 0 Å². The zero-order valence-electron chi connectivity index (χ0n) is 13.8. The van der Waals surface area contributed by atoms with Gasteiger partial charge in [0.25, 0.3) is 11.8 Å². The number of hydrogen-bond acceptors (Lipinski definition) is 4. The van der Waals surface area contributed by atoms with Gasteiger partial charge < -0.3 is 15.3 Å². The minimum absolute atomic E-state index is 0.0682. The topological polar surface area (TPSA) is 86.7 Å². The largest absolute Gasteiger partial charge is 0.481 e. The zero-order valence-corrected chi connectivity index (χ0v) is 15.3. The van der Waals surface area contributed by atoms with Gasteiger partial charge in [-0.1, -0.05) is 17.7 Å². The average molecular weight is 393 g/mol. The Morgan fingerprint density at radius 2 is 2.12 bits per heavy atom. The summed E-state index contributed by atoms with van der Waals surface area (Å²) in [5, 5.41) is 13.9. The summed E-state index contributed by atoms with van der Waals surface area (Å²) < 4.78 is 0. The van der Waals surface area contributed by atoms with Crippen molar-refractivity contribution in [3.63, 3.8) is 0 Å². The Morgan fingerprint density at radius 3 is 2.81 bits per heavy atom. The minimum atomic E-state index is -0.922. The van der Waals surface area contributed by atoms with E-state index in [0.29, 0.717) is 34.1 Å². The SMILES string of the molecule is O=C(O)CC1CCCN1C(=O)c1ccc(Cl)c(NC(=O)c2cccs2)c1. The second kappa shape index (κ2) is 7.88. The summed E-state index contributed by atoms with van der Waals surface area (Å²) in [6.07, 6.45) is 1.38. The van der Waals surface area contributed by atoms with Crippen LogP contribution < -0.4 is 5.32 Å². The third-order valence-corrected chi connectivity index (χ3v) is 5.45. The van der Waals surface area contributed by atoms with Gasteiger partial charge in [0.15, 0.2) is 0 Å². The van der Waals surface area contributed by atoms with Crippen LogP contribution >= 0.6 is 22.9 Å². The van der Waals surface area contributed by atoms with E-state index in [1.807, 2.05) is 0 Å². The number of carbonyl (C=O) groups is 3. The molecule has 2 aromatic rings. The van der Waals surface area contributed by atoms with E-state index >= 15 is 0 Å². The van der Waals surface area contributed by atoms with Gasteiger partial charge in [-0.25, -0.2) is 0 Å². The van der Waals surface area contributed by atoms with Crippen molar-refractivity contribution in [2.24, 2.45) is 0 Å². The number of aliphatic carboxylic acids is 1. The molecule has 1 aliphatic rings. The first-order valence-corrected chi connectivity index (χ1v) is 9.38. The van der Waals surface area contributed by atoms with Crippen LogP contribution in [0.15, 0.2) is 35.7 Å². The molecule has 0 aliphatic carbocycles. The molecule has 1 aliphatic heterocycles. The number of benzene rings is 1. The highest BCUT2D eigenvalue weighted by molar-refractivity contribution is 7.12. The average Bonchev–Trinajstić information content (AvgIpc) is 3.27. The van der Waals surface area contributed by atoms with Gasteiger partial charge in [0.05, 0.1) is 22.0 Å². The number of anilines is 1. The molecular weight excluding hydrogens is 376 g/mol. The van der Waals surface area contributed by atoms with Gasteiger partial charge in [-0.3, -0.25) is 14.4 Å². The number of hydrogen-bond donors (Lipinski definition) is 2. The molecule has 2 heterocycles. The molecule has 1 fully saturated rings. The second-order valence-corrected chi connectivity index (χ2v) is 7.37. The van der Waals surface area contributed by atoms with Crippen LogP contribution in [-0.2, 0) is 4.79 Å². The molecule has 1 aromatic carbocycles. The first kappa shape index (κ1) is 18.4. The number of carboxylic acid groups (broad SMARTS) is 1. The lowest BCUT2D eigenvalue weighted by atomic mass is 10.1. The summed E-state index contributed by atoms with van der Waals surface area (Å²) in [5.41, 5.74) is 0.720. The number of nitrogens with zero attached hydrogens (tertiary/aromatic N) is 1. The van der Waals surface area contributed by atoms with Gasteiger partial charge in [0.1, 0.15) is 0 Å². The van der Waals surface area contributed by atoms with E-state index in [1.54, 1.807) is 34.5 Å². The van der Waals surface area contributed by atoms with E-state index in [9.17, 15) is 14.4 Å². The molecule has 1 atom stereocenters. The maximum Gasteiger partial charge on any atom is 0.305 e. The quantitative estimate of drug-likeness (QED) is 0.811. The predicted octanol–water partition coefficient (Wildman–Crippen LogP) is 3.73. The van der Waals surface area contributed by atoms with Crippen molar-refractivity contribution in [2.75, 3.05) is 11.9 Å². The van der Waals surface area contributed by atoms with Gasteiger partial charge in [0, 0.05) is 18.2 Å². The summed E-state index contributed by atoms with van der Waals surface area (Å²) >= 11 is 7.46. The van der Waals surface area contributed by atoms with E-state index < -0.39 is 5.97 Å². The van der Waals surface area contributed by atoms with Gasteiger partial charge in [0.2, 0.25) is 0 Å². The molecule has 2 amide bonds. The van der Waals surface area contributed by atoms with E-state index in [0.717, 1.165) is 6.42 Å². The van der Waals surface area contributed by atoms with Crippen LogP contribution in [0.3, 0.4) is 0 Å². The van der Waals surface area contributed by atoms with Crippen molar-refractivity contribution in [1.82, 2.24) is 4.90 Å². The van der Waals surface area contributed by atoms with E-state index in [2.05, 4.69) is 5.32 Å². The smallest absolute Gasteiger partial charge is 0.305 e. The monoisotopic (exact) mass is 392 g/mol. The Balaban J connectivity index is 1.79. The van der Waals surface area contributed by atoms with Crippen LogP contribution in [0.1, 0.15) is 39.3 Å². The molecule has 0 saturated carbocycles. The van der Waals surface area contributed by atoms with Crippen molar-refractivity contribution in [2.45, 2.75) is 25.3 Å². The van der Waals surface area contributed by atoms with E-state index in [1.165, 1.54) is 17.4 Å². The Kier molecular flexibility index (Phi) is 5.58. The van der Waals surface area contributed by atoms with Crippen LogP contribution in [0, 0.1) is 0 Å². The van der Waals surface area contributed by atoms with Crippen molar-refractivity contribution >= 4 is 46.4 Å². The third kappa shape index (κ3) is 4.05. The lowest BCUT2D eigenvalue weighted by molar-refractivity contribution is -0.137. The number of nitrogens with one attached hydrogen (secondary N) is 1. The summed E-state index contributed by atoms with van der Waals surface area (Å²) in [6, 6.07) is 7.84. The Hall–Kier alpha value is -2.38. The van der Waals surface area contributed by atoms with Gasteiger partial charge >= 0.3 is 5.97 Å². The lowest BCUT2D eigenvalue weighted by Crippen LogP contribution is -2.36. The van der Waals surface area contributed by atoms with Crippen LogP contribution in [0.4, 0.5) is 5.69 Å². The molecule has 136 valence electrons. The molecule has 1 saturated heterocycles. The normalized spacial score (nSPS) is 16.5. The molecule has 6 nitrogen and oxygen atoms in total. The van der Waals surface area contributed by atoms with Crippen molar-refractivity contribution in [3.05, 3.63) is 51.2 Å². The first-order valence-electron chi connectivity index (χ1n) is 8.13. The fraction of sp³-hybridized carbons (Fsp3) is 0.278. The number of carbonyl (C=O) groups excluding carboxylic acids is 2. The number of thiophene rings is 1. The van der Waals surface area contributed by atoms with Gasteiger partial charge in [-0.2, -0.15) is 0 Å².